The second-order valence-corrected chi connectivity index (χ2v) is 5.73. The Bertz CT molecular complexity index is 441. The van der Waals surface area contributed by atoms with Gasteiger partial charge in [-0.15, -0.1) is 11.3 Å². The van der Waals surface area contributed by atoms with E-state index in [2.05, 4.69) is 29.2 Å². The fraction of sp³-hybridized carbons (Fsp3) is 0.429. The Hall–Kier alpha value is -1.06. The summed E-state index contributed by atoms with van der Waals surface area (Å²) in [5.41, 5.74) is 1.20. The van der Waals surface area contributed by atoms with Gasteiger partial charge in [0, 0.05) is 21.9 Å². The molecule has 1 saturated heterocycles. The van der Waals surface area contributed by atoms with E-state index in [0.29, 0.717) is 6.61 Å². The smallest absolute Gasteiger partial charge is 0.106 e. The Kier molecular flexibility index (Phi) is 3.29. The highest BCUT2D eigenvalue weighted by molar-refractivity contribution is 7.13. The number of ether oxygens (including phenoxy) is 1. The largest absolute Gasteiger partial charge is 0.496 e. The van der Waals surface area contributed by atoms with Crippen LogP contribution < -0.4 is 0 Å². The molecule has 0 bridgehead atoms. The van der Waals surface area contributed by atoms with E-state index >= 15 is 0 Å². The first kappa shape index (κ1) is 11.1. The maximum atomic E-state index is 5.33. The van der Waals surface area contributed by atoms with Crippen molar-refractivity contribution in [3.8, 4) is 0 Å². The molecule has 0 radical (unpaired) electrons. The summed E-state index contributed by atoms with van der Waals surface area (Å²) in [4.78, 5) is 5.31. The molecule has 3 heteroatoms. The summed E-state index contributed by atoms with van der Waals surface area (Å²) in [7, 11) is 0. The molecular formula is C14H17NOS. The maximum Gasteiger partial charge on any atom is 0.106 e. The fourth-order valence-corrected chi connectivity index (χ4v) is 3.36. The van der Waals surface area contributed by atoms with Gasteiger partial charge >= 0.3 is 0 Å². The SMILES string of the molecule is C1=CC(c2ccc(CN3CCCC3)s2)=COC1. The van der Waals surface area contributed by atoms with Gasteiger partial charge in [0.2, 0.25) is 0 Å². The summed E-state index contributed by atoms with van der Waals surface area (Å²) in [5.74, 6) is 0. The molecule has 0 amide bonds. The van der Waals surface area contributed by atoms with Crippen LogP contribution in [0, 0.1) is 0 Å². The summed E-state index contributed by atoms with van der Waals surface area (Å²) in [5, 5.41) is 0. The first-order valence-corrected chi connectivity index (χ1v) is 7.03. The van der Waals surface area contributed by atoms with E-state index in [4.69, 9.17) is 4.74 Å². The van der Waals surface area contributed by atoms with Crippen LogP contribution in [0.4, 0.5) is 0 Å². The molecule has 0 atom stereocenters. The van der Waals surface area contributed by atoms with Gasteiger partial charge in [0.1, 0.15) is 6.61 Å². The highest BCUT2D eigenvalue weighted by atomic mass is 32.1. The topological polar surface area (TPSA) is 12.5 Å². The number of allylic oxidation sites excluding steroid dienone is 2. The van der Waals surface area contributed by atoms with Crippen molar-refractivity contribution in [1.29, 1.82) is 0 Å². The average Bonchev–Trinajstić information content (AvgIpc) is 3.02. The molecule has 0 aliphatic carbocycles. The van der Waals surface area contributed by atoms with E-state index in [1.54, 1.807) is 0 Å². The minimum absolute atomic E-state index is 0.704. The normalized spacial score (nSPS) is 20.4. The first-order valence-electron chi connectivity index (χ1n) is 6.21. The third-order valence-corrected chi connectivity index (χ3v) is 4.34. The third-order valence-electron chi connectivity index (χ3n) is 3.22. The van der Waals surface area contributed by atoms with Crippen LogP contribution in [0.5, 0.6) is 0 Å². The standard InChI is InChI=1S/C14H17NOS/c1-2-8-15(7-1)10-13-5-6-14(17-13)12-4-3-9-16-11-12/h3-6,11H,1-2,7-10H2. The van der Waals surface area contributed by atoms with Gasteiger partial charge in [-0.3, -0.25) is 4.90 Å². The van der Waals surface area contributed by atoms with E-state index in [1.165, 1.54) is 41.3 Å². The van der Waals surface area contributed by atoms with Crippen LogP contribution >= 0.6 is 11.3 Å². The van der Waals surface area contributed by atoms with Crippen molar-refractivity contribution in [2.45, 2.75) is 19.4 Å². The molecule has 90 valence electrons. The molecule has 2 nitrogen and oxygen atoms in total. The van der Waals surface area contributed by atoms with Crippen molar-refractivity contribution in [2.75, 3.05) is 19.7 Å². The van der Waals surface area contributed by atoms with Crippen LogP contribution in [0.25, 0.3) is 5.57 Å². The zero-order valence-corrected chi connectivity index (χ0v) is 10.7. The quantitative estimate of drug-likeness (QED) is 0.813. The summed E-state index contributed by atoms with van der Waals surface area (Å²) in [6.45, 7) is 4.34. The number of nitrogens with zero attached hydrogens (tertiary/aromatic N) is 1. The van der Waals surface area contributed by atoms with Crippen molar-refractivity contribution in [2.24, 2.45) is 0 Å². The van der Waals surface area contributed by atoms with E-state index in [1.807, 2.05) is 17.6 Å². The molecule has 0 unspecified atom stereocenters. The molecule has 1 fully saturated rings. The Morgan fingerprint density at radius 1 is 1.24 bits per heavy atom. The summed E-state index contributed by atoms with van der Waals surface area (Å²) in [6.07, 6.45) is 8.80. The predicted molar refractivity (Wildman–Crippen MR) is 71.9 cm³/mol. The fourth-order valence-electron chi connectivity index (χ4n) is 2.33. The lowest BCUT2D eigenvalue weighted by atomic mass is 10.2. The van der Waals surface area contributed by atoms with E-state index in [0.717, 1.165) is 6.54 Å². The molecule has 0 N–H and O–H groups in total. The minimum Gasteiger partial charge on any atom is -0.496 e. The molecule has 0 aromatic carbocycles. The van der Waals surface area contributed by atoms with Gasteiger partial charge in [-0.25, -0.2) is 0 Å². The zero-order chi connectivity index (χ0) is 11.5. The molecule has 17 heavy (non-hydrogen) atoms. The third kappa shape index (κ3) is 2.61. The van der Waals surface area contributed by atoms with Gasteiger partial charge in [0.25, 0.3) is 0 Å². The van der Waals surface area contributed by atoms with Gasteiger partial charge in [-0.1, -0.05) is 6.08 Å². The molecule has 2 aliphatic heterocycles. The molecule has 1 aromatic heterocycles. The first-order chi connectivity index (χ1) is 8.42. The van der Waals surface area contributed by atoms with Crippen molar-refractivity contribution >= 4 is 16.9 Å². The lowest BCUT2D eigenvalue weighted by Gasteiger charge is -2.12. The Balaban J connectivity index is 1.69. The monoisotopic (exact) mass is 247 g/mol. The van der Waals surface area contributed by atoms with Gasteiger partial charge < -0.3 is 4.74 Å². The molecular weight excluding hydrogens is 230 g/mol. The van der Waals surface area contributed by atoms with Crippen LogP contribution in [-0.2, 0) is 11.3 Å². The maximum absolute atomic E-state index is 5.33. The molecule has 3 rings (SSSR count). The predicted octanol–water partition coefficient (Wildman–Crippen LogP) is 3.27. The minimum atomic E-state index is 0.704. The number of hydrogen-bond donors (Lipinski definition) is 0. The lowest BCUT2D eigenvalue weighted by molar-refractivity contribution is 0.288. The zero-order valence-electron chi connectivity index (χ0n) is 9.89. The summed E-state index contributed by atoms with van der Waals surface area (Å²) >= 11 is 1.89. The Morgan fingerprint density at radius 2 is 2.12 bits per heavy atom. The number of thiophene rings is 1. The highest BCUT2D eigenvalue weighted by Crippen LogP contribution is 2.28. The van der Waals surface area contributed by atoms with Gasteiger partial charge in [-0.05, 0) is 44.1 Å². The van der Waals surface area contributed by atoms with Gasteiger partial charge in [0.15, 0.2) is 0 Å². The van der Waals surface area contributed by atoms with E-state index in [-0.39, 0.29) is 0 Å². The number of hydrogen-bond acceptors (Lipinski definition) is 3. The second kappa shape index (κ2) is 5.07. The van der Waals surface area contributed by atoms with Gasteiger partial charge in [0.05, 0.1) is 6.26 Å². The average molecular weight is 247 g/mol. The van der Waals surface area contributed by atoms with E-state index in [9.17, 15) is 0 Å². The van der Waals surface area contributed by atoms with Crippen LogP contribution in [0.3, 0.4) is 0 Å². The van der Waals surface area contributed by atoms with Crippen molar-refractivity contribution in [3.63, 3.8) is 0 Å². The molecule has 0 spiro atoms. The molecule has 0 saturated carbocycles. The van der Waals surface area contributed by atoms with Gasteiger partial charge in [-0.2, -0.15) is 0 Å². The van der Waals surface area contributed by atoms with Crippen LogP contribution in [0.15, 0.2) is 30.5 Å². The highest BCUT2D eigenvalue weighted by Gasteiger charge is 2.13. The van der Waals surface area contributed by atoms with E-state index < -0.39 is 0 Å². The van der Waals surface area contributed by atoms with Crippen LogP contribution in [0.1, 0.15) is 22.6 Å². The van der Waals surface area contributed by atoms with Crippen LogP contribution in [-0.4, -0.2) is 24.6 Å². The van der Waals surface area contributed by atoms with Crippen LogP contribution in [0.2, 0.25) is 0 Å². The number of likely N-dealkylation sites (tertiary alicyclic amines) is 1. The number of rotatable bonds is 3. The summed E-state index contributed by atoms with van der Waals surface area (Å²) < 4.78 is 5.33. The lowest BCUT2D eigenvalue weighted by Crippen LogP contribution is -2.17. The van der Waals surface area contributed by atoms with Crippen molar-refractivity contribution < 1.29 is 4.74 Å². The molecule has 3 heterocycles. The molecule has 2 aliphatic rings. The van der Waals surface area contributed by atoms with Crippen molar-refractivity contribution in [3.05, 3.63) is 40.3 Å². The Labute approximate surface area is 106 Å². The molecule has 1 aromatic rings. The second-order valence-electron chi connectivity index (χ2n) is 4.56. The van der Waals surface area contributed by atoms with Crippen molar-refractivity contribution in [1.82, 2.24) is 4.90 Å². The summed E-state index contributed by atoms with van der Waals surface area (Å²) in [6, 6.07) is 4.46. The Morgan fingerprint density at radius 3 is 2.88 bits per heavy atom.